The third-order valence-electron chi connectivity index (χ3n) is 1.89. The maximum Gasteiger partial charge on any atom is 0.339 e. The Kier molecular flexibility index (Phi) is 3.59. The predicted octanol–water partition coefficient (Wildman–Crippen LogP) is 1.27. The van der Waals surface area contributed by atoms with Crippen molar-refractivity contribution in [2.75, 3.05) is 7.11 Å². The molecule has 0 saturated heterocycles. The van der Waals surface area contributed by atoms with Crippen LogP contribution in [0.4, 0.5) is 0 Å². The number of carbonyl (C=O) groups is 1. The van der Waals surface area contributed by atoms with E-state index < -0.39 is 27.9 Å². The Morgan fingerprint density at radius 2 is 2.20 bits per heavy atom. The number of aliphatic hydroxyl groups is 2. The summed E-state index contributed by atoms with van der Waals surface area (Å²) in [5.41, 5.74) is -0.394. The minimum atomic E-state index is -1.67. The molecule has 0 fully saturated rings. The maximum absolute atomic E-state index is 10.7. The summed E-state index contributed by atoms with van der Waals surface area (Å²) in [7, 11) is 1.32. The number of carboxylic acids is 1. The highest BCUT2D eigenvalue weighted by molar-refractivity contribution is 9.12. The number of hydrogen-bond donors (Lipinski definition) is 3. The monoisotopic (exact) mass is 342 g/mol. The van der Waals surface area contributed by atoms with Gasteiger partial charge in [-0.25, -0.2) is 4.79 Å². The summed E-state index contributed by atoms with van der Waals surface area (Å²) in [4.78, 5) is 10.7. The van der Waals surface area contributed by atoms with Crippen molar-refractivity contribution in [1.82, 2.24) is 0 Å². The number of methoxy groups -OCH3 is 1. The summed E-state index contributed by atoms with van der Waals surface area (Å²) in [5.74, 6) is -1.80. The van der Waals surface area contributed by atoms with E-state index in [-0.39, 0.29) is 4.48 Å². The van der Waals surface area contributed by atoms with Gasteiger partial charge in [0.1, 0.15) is 17.4 Å². The minimum absolute atomic E-state index is 0.0734. The standard InChI is InChI=1S/C8H8Br2O5/c1-15-6-4(9)5(11)3(7(12)13)2-8(6,10)14/h2,6,11,14H,1H3,(H,12,13). The van der Waals surface area contributed by atoms with Crippen LogP contribution in [0.3, 0.4) is 0 Å². The molecule has 1 rings (SSSR count). The zero-order valence-corrected chi connectivity index (χ0v) is 10.7. The Bertz CT molecular complexity index is 358. The second-order valence-corrected chi connectivity index (χ2v) is 5.03. The molecule has 0 saturated carbocycles. The van der Waals surface area contributed by atoms with Crippen LogP contribution in [-0.4, -0.2) is 39.0 Å². The van der Waals surface area contributed by atoms with E-state index in [4.69, 9.17) is 9.84 Å². The van der Waals surface area contributed by atoms with Crippen LogP contribution in [0.25, 0.3) is 0 Å². The smallest absolute Gasteiger partial charge is 0.339 e. The van der Waals surface area contributed by atoms with Gasteiger partial charge in [-0.2, -0.15) is 0 Å². The number of rotatable bonds is 2. The van der Waals surface area contributed by atoms with Crippen molar-refractivity contribution in [2.24, 2.45) is 0 Å². The van der Waals surface area contributed by atoms with Crippen LogP contribution in [0.5, 0.6) is 0 Å². The Hall–Kier alpha value is -0.370. The zero-order chi connectivity index (χ0) is 11.8. The number of aliphatic hydroxyl groups excluding tert-OH is 1. The van der Waals surface area contributed by atoms with Gasteiger partial charge in [0.2, 0.25) is 0 Å². The first-order valence-corrected chi connectivity index (χ1v) is 5.39. The third kappa shape index (κ3) is 2.25. The Morgan fingerprint density at radius 1 is 1.67 bits per heavy atom. The highest BCUT2D eigenvalue weighted by Gasteiger charge is 2.42. The molecule has 84 valence electrons. The van der Waals surface area contributed by atoms with E-state index >= 15 is 0 Å². The topological polar surface area (TPSA) is 87.0 Å². The third-order valence-corrected chi connectivity index (χ3v) is 3.33. The van der Waals surface area contributed by atoms with Crippen molar-refractivity contribution in [3.05, 3.63) is 21.9 Å². The van der Waals surface area contributed by atoms with Gasteiger partial charge in [0.15, 0.2) is 4.51 Å². The fourth-order valence-corrected chi connectivity index (χ4v) is 2.91. The second-order valence-electron chi connectivity index (χ2n) is 2.90. The maximum atomic E-state index is 10.7. The lowest BCUT2D eigenvalue weighted by atomic mass is 10.0. The first kappa shape index (κ1) is 12.7. The molecule has 1 aliphatic rings. The molecule has 2 atom stereocenters. The van der Waals surface area contributed by atoms with E-state index in [0.29, 0.717) is 0 Å². The van der Waals surface area contributed by atoms with Crippen LogP contribution in [0, 0.1) is 0 Å². The first-order valence-electron chi connectivity index (χ1n) is 3.80. The van der Waals surface area contributed by atoms with Gasteiger partial charge in [0, 0.05) is 7.11 Å². The van der Waals surface area contributed by atoms with Gasteiger partial charge in [-0.15, -0.1) is 0 Å². The van der Waals surface area contributed by atoms with Gasteiger partial charge in [-0.3, -0.25) is 0 Å². The van der Waals surface area contributed by atoms with Crippen LogP contribution in [-0.2, 0) is 9.53 Å². The van der Waals surface area contributed by atoms with Gasteiger partial charge >= 0.3 is 5.97 Å². The summed E-state index contributed by atoms with van der Waals surface area (Å²) in [6.07, 6.45) is 0.0736. The summed E-state index contributed by atoms with van der Waals surface area (Å²) in [6, 6.07) is 0. The normalized spacial score (nSPS) is 31.5. The number of hydrogen-bond acceptors (Lipinski definition) is 4. The van der Waals surface area contributed by atoms with E-state index in [0.717, 1.165) is 6.08 Å². The molecule has 0 heterocycles. The Morgan fingerprint density at radius 3 is 2.60 bits per heavy atom. The highest BCUT2D eigenvalue weighted by atomic mass is 79.9. The molecule has 0 spiro atoms. The summed E-state index contributed by atoms with van der Waals surface area (Å²) >= 11 is 5.89. The van der Waals surface area contributed by atoms with Gasteiger partial charge in [0.25, 0.3) is 0 Å². The fraction of sp³-hybridized carbons (Fsp3) is 0.375. The van der Waals surface area contributed by atoms with Gasteiger partial charge in [0.05, 0.1) is 4.48 Å². The van der Waals surface area contributed by atoms with Crippen molar-refractivity contribution < 1.29 is 24.9 Å². The van der Waals surface area contributed by atoms with Crippen molar-refractivity contribution in [2.45, 2.75) is 10.6 Å². The summed E-state index contributed by atoms with van der Waals surface area (Å²) in [5, 5.41) is 28.1. The molecule has 7 heteroatoms. The number of alkyl halides is 1. The molecule has 0 aromatic heterocycles. The Balaban J connectivity index is 3.27. The van der Waals surface area contributed by atoms with Gasteiger partial charge in [-0.05, 0) is 37.9 Å². The molecular weight excluding hydrogens is 336 g/mol. The quantitative estimate of drug-likeness (QED) is 0.657. The molecule has 0 radical (unpaired) electrons. The van der Waals surface area contributed by atoms with Crippen LogP contribution < -0.4 is 0 Å². The number of ether oxygens (including phenoxy) is 1. The number of carboxylic acid groups (broad SMARTS) is 1. The average Bonchev–Trinajstić information content (AvgIpc) is 2.11. The van der Waals surface area contributed by atoms with E-state index in [2.05, 4.69) is 31.9 Å². The average molecular weight is 344 g/mol. The van der Waals surface area contributed by atoms with Crippen molar-refractivity contribution in [3.63, 3.8) is 0 Å². The lowest BCUT2D eigenvalue weighted by molar-refractivity contribution is -0.132. The molecule has 5 nitrogen and oxygen atoms in total. The molecule has 0 amide bonds. The van der Waals surface area contributed by atoms with E-state index in [9.17, 15) is 15.0 Å². The molecule has 0 aliphatic heterocycles. The highest BCUT2D eigenvalue weighted by Crippen LogP contribution is 2.39. The lowest BCUT2D eigenvalue weighted by Crippen LogP contribution is -2.40. The number of aliphatic carboxylic acids is 1. The summed E-state index contributed by atoms with van der Waals surface area (Å²) < 4.78 is 3.33. The number of halogens is 2. The van der Waals surface area contributed by atoms with Crippen LogP contribution in [0.2, 0.25) is 0 Å². The van der Waals surface area contributed by atoms with Gasteiger partial charge < -0.3 is 20.1 Å². The molecule has 0 aromatic rings. The van der Waals surface area contributed by atoms with Crippen LogP contribution >= 0.6 is 31.9 Å². The second kappa shape index (κ2) is 4.25. The molecule has 1 aliphatic carbocycles. The minimum Gasteiger partial charge on any atom is -0.506 e. The first-order chi connectivity index (χ1) is 6.81. The molecule has 0 bridgehead atoms. The zero-order valence-electron chi connectivity index (χ0n) is 7.57. The van der Waals surface area contributed by atoms with E-state index in [1.807, 2.05) is 0 Å². The molecule has 15 heavy (non-hydrogen) atoms. The SMILES string of the molecule is COC1C(Br)=C(O)C(C(=O)O)=CC1(O)Br. The molecule has 0 aromatic carbocycles. The van der Waals surface area contributed by atoms with E-state index in [1.165, 1.54) is 7.11 Å². The largest absolute Gasteiger partial charge is 0.506 e. The molecule has 3 N–H and O–H groups in total. The summed E-state index contributed by atoms with van der Waals surface area (Å²) in [6.45, 7) is 0. The Labute approximate surface area is 102 Å². The van der Waals surface area contributed by atoms with Gasteiger partial charge in [-0.1, -0.05) is 0 Å². The fourth-order valence-electron chi connectivity index (χ4n) is 1.21. The van der Waals surface area contributed by atoms with Crippen LogP contribution in [0.1, 0.15) is 0 Å². The lowest BCUT2D eigenvalue weighted by Gasteiger charge is -2.31. The van der Waals surface area contributed by atoms with E-state index in [1.54, 1.807) is 0 Å². The van der Waals surface area contributed by atoms with Crippen molar-refractivity contribution in [3.8, 4) is 0 Å². The van der Waals surface area contributed by atoms with Crippen molar-refractivity contribution in [1.29, 1.82) is 0 Å². The predicted molar refractivity (Wildman–Crippen MR) is 59.0 cm³/mol. The molecular formula is C8H8Br2O5. The van der Waals surface area contributed by atoms with Crippen LogP contribution in [0.15, 0.2) is 21.9 Å². The van der Waals surface area contributed by atoms with Crippen molar-refractivity contribution >= 4 is 37.8 Å². The molecule has 2 unspecified atom stereocenters.